The van der Waals surface area contributed by atoms with Gasteiger partial charge in [-0.05, 0) is 38.8 Å². The molecule has 0 radical (unpaired) electrons. The number of fused-ring (bicyclic) bond motifs is 1. The van der Waals surface area contributed by atoms with E-state index >= 15 is 0 Å². The topological polar surface area (TPSA) is 51.7 Å². The molecular weight excluding hydrogens is 304 g/mol. The van der Waals surface area contributed by atoms with Gasteiger partial charge < -0.3 is 14.4 Å². The molecule has 1 unspecified atom stereocenters. The van der Waals surface area contributed by atoms with Crippen LogP contribution in [0, 0.1) is 0 Å². The molecule has 1 aliphatic heterocycles. The van der Waals surface area contributed by atoms with Crippen molar-refractivity contribution in [2.24, 2.45) is 0 Å². The lowest BCUT2D eigenvalue weighted by atomic mass is 10.0. The number of para-hydroxylation sites is 1. The molecule has 0 aliphatic carbocycles. The van der Waals surface area contributed by atoms with Crippen LogP contribution < -0.4 is 0 Å². The zero-order chi connectivity index (χ0) is 17.2. The second-order valence-corrected chi connectivity index (χ2v) is 7.10. The van der Waals surface area contributed by atoms with Crippen molar-refractivity contribution in [1.29, 1.82) is 0 Å². The summed E-state index contributed by atoms with van der Waals surface area (Å²) in [6, 6.07) is 10.1. The number of hydrogen-bond donors (Lipinski definition) is 0. The van der Waals surface area contributed by atoms with Crippen LogP contribution >= 0.6 is 0 Å². The van der Waals surface area contributed by atoms with Crippen molar-refractivity contribution >= 4 is 17.0 Å². The van der Waals surface area contributed by atoms with Crippen molar-refractivity contribution in [3.05, 3.63) is 42.1 Å². The van der Waals surface area contributed by atoms with E-state index in [1.165, 1.54) is 0 Å². The number of pyridine rings is 1. The standard InChI is InChI=1S/C19H24N2O3/c1-19(2,3)24-18(22)21-10-11-23-13-16(21)12-15-7-4-6-14-8-5-9-20-17(14)15/h4-9,16H,10-13H2,1-3H3. The molecule has 5 nitrogen and oxygen atoms in total. The summed E-state index contributed by atoms with van der Waals surface area (Å²) in [4.78, 5) is 18.8. The molecule has 1 aromatic carbocycles. The predicted octanol–water partition coefficient (Wildman–Crippen LogP) is 3.41. The summed E-state index contributed by atoms with van der Waals surface area (Å²) in [6.45, 7) is 7.27. The summed E-state index contributed by atoms with van der Waals surface area (Å²) < 4.78 is 11.2. The highest BCUT2D eigenvalue weighted by atomic mass is 16.6. The van der Waals surface area contributed by atoms with E-state index in [4.69, 9.17) is 9.47 Å². The second kappa shape index (κ2) is 6.77. The Morgan fingerprint density at radius 3 is 2.92 bits per heavy atom. The molecule has 2 heterocycles. The number of rotatable bonds is 2. The molecule has 1 saturated heterocycles. The number of aromatic nitrogens is 1. The number of hydrogen-bond acceptors (Lipinski definition) is 4. The van der Waals surface area contributed by atoms with E-state index in [9.17, 15) is 4.79 Å². The van der Waals surface area contributed by atoms with Crippen LogP contribution in [-0.2, 0) is 15.9 Å². The molecule has 128 valence electrons. The van der Waals surface area contributed by atoms with Crippen molar-refractivity contribution in [3.63, 3.8) is 0 Å². The summed E-state index contributed by atoms with van der Waals surface area (Å²) >= 11 is 0. The molecule has 24 heavy (non-hydrogen) atoms. The van der Waals surface area contributed by atoms with Crippen molar-refractivity contribution in [3.8, 4) is 0 Å². The van der Waals surface area contributed by atoms with Gasteiger partial charge in [-0.25, -0.2) is 4.79 Å². The summed E-state index contributed by atoms with van der Waals surface area (Å²) in [6.07, 6.45) is 2.23. The third kappa shape index (κ3) is 3.85. The van der Waals surface area contributed by atoms with Gasteiger partial charge in [0.2, 0.25) is 0 Å². The Morgan fingerprint density at radius 2 is 2.12 bits per heavy atom. The van der Waals surface area contributed by atoms with Crippen molar-refractivity contribution < 1.29 is 14.3 Å². The van der Waals surface area contributed by atoms with Gasteiger partial charge in [0, 0.05) is 18.1 Å². The maximum absolute atomic E-state index is 12.5. The SMILES string of the molecule is CC(C)(C)OC(=O)N1CCOCC1Cc1cccc2cccnc12. The van der Waals surface area contributed by atoms with Gasteiger partial charge >= 0.3 is 6.09 Å². The maximum atomic E-state index is 12.5. The molecular formula is C19H24N2O3. The molecule has 0 saturated carbocycles. The summed E-state index contributed by atoms with van der Waals surface area (Å²) in [5.74, 6) is 0. The van der Waals surface area contributed by atoms with Crippen molar-refractivity contribution in [1.82, 2.24) is 9.88 Å². The highest BCUT2D eigenvalue weighted by Crippen LogP contribution is 2.22. The average molecular weight is 328 g/mol. The molecule has 1 amide bonds. The zero-order valence-corrected chi connectivity index (χ0v) is 14.5. The first kappa shape index (κ1) is 16.7. The van der Waals surface area contributed by atoms with Crippen LogP contribution in [0.25, 0.3) is 10.9 Å². The van der Waals surface area contributed by atoms with E-state index in [1.807, 2.05) is 32.9 Å². The minimum atomic E-state index is -0.499. The van der Waals surface area contributed by atoms with E-state index in [0.29, 0.717) is 26.2 Å². The minimum absolute atomic E-state index is 0.0405. The lowest BCUT2D eigenvalue weighted by Gasteiger charge is -2.36. The molecule has 1 fully saturated rings. The van der Waals surface area contributed by atoms with Gasteiger partial charge in [0.25, 0.3) is 0 Å². The first-order valence-electron chi connectivity index (χ1n) is 8.34. The molecule has 3 rings (SSSR count). The Bertz CT molecular complexity index is 719. The molecule has 1 aromatic heterocycles. The molecule has 0 spiro atoms. The lowest BCUT2D eigenvalue weighted by Crippen LogP contribution is -2.51. The molecule has 0 bridgehead atoms. The lowest BCUT2D eigenvalue weighted by molar-refractivity contribution is -0.0319. The minimum Gasteiger partial charge on any atom is -0.444 e. The zero-order valence-electron chi connectivity index (χ0n) is 14.5. The number of morpholine rings is 1. The third-order valence-corrected chi connectivity index (χ3v) is 4.03. The van der Waals surface area contributed by atoms with Crippen LogP contribution in [0.4, 0.5) is 4.79 Å². The van der Waals surface area contributed by atoms with Crippen LogP contribution in [-0.4, -0.2) is 47.4 Å². The van der Waals surface area contributed by atoms with Crippen LogP contribution in [0.15, 0.2) is 36.5 Å². The molecule has 5 heteroatoms. The van der Waals surface area contributed by atoms with E-state index in [1.54, 1.807) is 11.1 Å². The Labute approximate surface area is 142 Å². The highest BCUT2D eigenvalue weighted by Gasteiger charge is 2.31. The summed E-state index contributed by atoms with van der Waals surface area (Å²) in [5.41, 5.74) is 1.60. The average Bonchev–Trinajstić information content (AvgIpc) is 2.54. The van der Waals surface area contributed by atoms with Crippen molar-refractivity contribution in [2.45, 2.75) is 38.8 Å². The van der Waals surface area contributed by atoms with E-state index in [2.05, 4.69) is 23.2 Å². The number of carbonyl (C=O) groups excluding carboxylic acids is 1. The van der Waals surface area contributed by atoms with E-state index in [-0.39, 0.29) is 12.1 Å². The summed E-state index contributed by atoms with van der Waals surface area (Å²) in [7, 11) is 0. The predicted molar refractivity (Wildman–Crippen MR) is 93.0 cm³/mol. The maximum Gasteiger partial charge on any atom is 0.410 e. The Morgan fingerprint density at radius 1 is 1.33 bits per heavy atom. The van der Waals surface area contributed by atoms with Crippen LogP contribution in [0.5, 0.6) is 0 Å². The summed E-state index contributed by atoms with van der Waals surface area (Å²) in [5, 5.41) is 1.11. The Hall–Kier alpha value is -2.14. The van der Waals surface area contributed by atoms with Gasteiger partial charge in [0.15, 0.2) is 0 Å². The number of benzene rings is 1. The number of carbonyl (C=O) groups is 1. The molecule has 1 aliphatic rings. The smallest absolute Gasteiger partial charge is 0.410 e. The third-order valence-electron chi connectivity index (χ3n) is 4.03. The fourth-order valence-electron chi connectivity index (χ4n) is 2.97. The Balaban J connectivity index is 1.82. The fraction of sp³-hybridized carbons (Fsp3) is 0.474. The van der Waals surface area contributed by atoms with Crippen LogP contribution in [0.1, 0.15) is 26.3 Å². The van der Waals surface area contributed by atoms with Gasteiger partial charge in [0.05, 0.1) is 24.8 Å². The highest BCUT2D eigenvalue weighted by molar-refractivity contribution is 5.81. The van der Waals surface area contributed by atoms with Crippen LogP contribution in [0.2, 0.25) is 0 Å². The normalized spacial score (nSPS) is 18.6. The van der Waals surface area contributed by atoms with Gasteiger partial charge in [0.1, 0.15) is 5.60 Å². The second-order valence-electron chi connectivity index (χ2n) is 7.10. The fourth-order valence-corrected chi connectivity index (χ4v) is 2.97. The molecule has 0 N–H and O–H groups in total. The monoisotopic (exact) mass is 328 g/mol. The molecule has 1 atom stereocenters. The van der Waals surface area contributed by atoms with Crippen molar-refractivity contribution in [2.75, 3.05) is 19.8 Å². The number of ether oxygens (including phenoxy) is 2. The van der Waals surface area contributed by atoms with Gasteiger partial charge in [-0.1, -0.05) is 24.3 Å². The number of amides is 1. The first-order chi connectivity index (χ1) is 11.4. The quantitative estimate of drug-likeness (QED) is 0.848. The van der Waals surface area contributed by atoms with Crippen LogP contribution in [0.3, 0.4) is 0 Å². The van der Waals surface area contributed by atoms with Gasteiger partial charge in [-0.3, -0.25) is 4.98 Å². The van der Waals surface area contributed by atoms with Gasteiger partial charge in [-0.15, -0.1) is 0 Å². The first-order valence-corrected chi connectivity index (χ1v) is 8.34. The van der Waals surface area contributed by atoms with Gasteiger partial charge in [-0.2, -0.15) is 0 Å². The van der Waals surface area contributed by atoms with E-state index < -0.39 is 5.60 Å². The number of nitrogens with zero attached hydrogens (tertiary/aromatic N) is 2. The largest absolute Gasteiger partial charge is 0.444 e. The molecule has 2 aromatic rings. The Kier molecular flexibility index (Phi) is 4.71. The van der Waals surface area contributed by atoms with E-state index in [0.717, 1.165) is 16.5 Å².